The van der Waals surface area contributed by atoms with Crippen LogP contribution in [0.1, 0.15) is 72.1 Å². The van der Waals surface area contributed by atoms with E-state index in [2.05, 4.69) is 36.0 Å². The lowest BCUT2D eigenvalue weighted by Crippen LogP contribution is -2.50. The van der Waals surface area contributed by atoms with Gasteiger partial charge in [0.1, 0.15) is 0 Å². The zero-order chi connectivity index (χ0) is 21.0. The summed E-state index contributed by atoms with van der Waals surface area (Å²) >= 11 is 2.58. The second kappa shape index (κ2) is 9.69. The number of carbonyl (C=O) groups is 2. The summed E-state index contributed by atoms with van der Waals surface area (Å²) in [6.07, 6.45) is 10.7. The maximum atomic E-state index is 13.2. The van der Waals surface area contributed by atoms with Gasteiger partial charge in [0.2, 0.25) is 0 Å². The summed E-state index contributed by atoms with van der Waals surface area (Å²) < 4.78 is 0.806. The smallest absolute Gasteiger partial charge is 0.324 e. The molecule has 162 valence electrons. The topological polar surface area (TPSA) is 82.5 Å². The van der Waals surface area contributed by atoms with Gasteiger partial charge in [0.05, 0.1) is 16.2 Å². The summed E-state index contributed by atoms with van der Waals surface area (Å²) in [6, 6.07) is 0.588. The number of carboxylic acids is 1. The number of nitrogens with one attached hydrogen (secondary N) is 1. The van der Waals surface area contributed by atoms with E-state index in [4.69, 9.17) is 5.11 Å². The Balaban J connectivity index is 1.64. The molecule has 0 atom stereocenters. The first kappa shape index (κ1) is 22.4. The van der Waals surface area contributed by atoms with Crippen LogP contribution in [0, 0.1) is 11.3 Å². The molecule has 2 aliphatic carbocycles. The molecule has 1 heterocycles. The highest BCUT2D eigenvalue weighted by molar-refractivity contribution is 8.01. The van der Waals surface area contributed by atoms with Gasteiger partial charge in [0.25, 0.3) is 0 Å². The molecule has 2 aliphatic rings. The third-order valence-corrected chi connectivity index (χ3v) is 8.40. The van der Waals surface area contributed by atoms with Gasteiger partial charge in [-0.2, -0.15) is 0 Å². The van der Waals surface area contributed by atoms with E-state index in [0.717, 1.165) is 35.8 Å². The van der Waals surface area contributed by atoms with Crippen molar-refractivity contribution in [3.05, 3.63) is 6.20 Å². The minimum atomic E-state index is -0.854. The van der Waals surface area contributed by atoms with Gasteiger partial charge in [-0.3, -0.25) is 10.1 Å². The van der Waals surface area contributed by atoms with Gasteiger partial charge in [-0.15, -0.1) is 11.8 Å². The van der Waals surface area contributed by atoms with Crippen molar-refractivity contribution in [3.8, 4) is 0 Å². The molecule has 3 rings (SSSR count). The highest BCUT2D eigenvalue weighted by Crippen LogP contribution is 2.40. The molecule has 1 aromatic rings. The fourth-order valence-corrected chi connectivity index (χ4v) is 6.29. The molecule has 0 saturated heterocycles. The molecule has 0 radical (unpaired) electrons. The Morgan fingerprint density at radius 2 is 1.79 bits per heavy atom. The second-order valence-electron chi connectivity index (χ2n) is 9.31. The molecule has 0 aliphatic heterocycles. The molecular formula is C21H33N3O3S2. The highest BCUT2D eigenvalue weighted by Gasteiger charge is 2.37. The SMILES string of the molecule is CC(C)(C)[C@H]1CC[C@H](N(C(=O)Nc2ncc(SCC(=O)O)s2)C2CCCC2)CC1. The van der Waals surface area contributed by atoms with Crippen molar-refractivity contribution >= 4 is 40.2 Å². The van der Waals surface area contributed by atoms with E-state index < -0.39 is 5.97 Å². The van der Waals surface area contributed by atoms with Crippen LogP contribution >= 0.6 is 23.1 Å². The number of urea groups is 1. The first-order chi connectivity index (χ1) is 13.7. The van der Waals surface area contributed by atoms with Gasteiger partial charge in [0, 0.05) is 12.1 Å². The standard InChI is InChI=1S/C21H33N3O3S2/c1-21(2,3)14-8-10-16(11-9-14)24(15-6-4-5-7-15)20(27)23-19-22-12-18(29-19)28-13-17(25)26/h12,14-16H,4-11,13H2,1-3H3,(H,25,26)(H,22,23,27)/t14-,16-. The van der Waals surface area contributed by atoms with Crippen molar-refractivity contribution in [1.29, 1.82) is 0 Å². The third-order valence-electron chi connectivity index (χ3n) is 6.30. The average molecular weight is 440 g/mol. The van der Waals surface area contributed by atoms with E-state index in [1.165, 1.54) is 48.8 Å². The summed E-state index contributed by atoms with van der Waals surface area (Å²) in [5.41, 5.74) is 0.330. The number of nitrogens with zero attached hydrogens (tertiary/aromatic N) is 2. The van der Waals surface area contributed by atoms with Crippen molar-refractivity contribution in [2.24, 2.45) is 11.3 Å². The number of anilines is 1. The molecular weight excluding hydrogens is 406 g/mol. The van der Waals surface area contributed by atoms with Crippen LogP contribution in [0.25, 0.3) is 0 Å². The zero-order valence-corrected chi connectivity index (χ0v) is 19.3. The fraction of sp³-hybridized carbons (Fsp3) is 0.762. The molecule has 0 aromatic carbocycles. The number of amides is 2. The van der Waals surface area contributed by atoms with E-state index in [9.17, 15) is 9.59 Å². The number of rotatable bonds is 6. The lowest BCUT2D eigenvalue weighted by Gasteiger charge is -2.43. The third kappa shape index (κ3) is 6.10. The largest absolute Gasteiger partial charge is 0.481 e. The Bertz CT molecular complexity index is 702. The number of thioether (sulfide) groups is 1. The molecule has 0 unspecified atom stereocenters. The van der Waals surface area contributed by atoms with Gasteiger partial charge >= 0.3 is 12.0 Å². The first-order valence-electron chi connectivity index (χ1n) is 10.6. The zero-order valence-electron chi connectivity index (χ0n) is 17.6. The number of aromatic nitrogens is 1. The number of aliphatic carboxylic acids is 1. The molecule has 29 heavy (non-hydrogen) atoms. The minimum absolute atomic E-state index is 0.000790. The van der Waals surface area contributed by atoms with Gasteiger partial charge in [-0.25, -0.2) is 9.78 Å². The van der Waals surface area contributed by atoms with E-state index in [1.54, 1.807) is 6.20 Å². The fourth-order valence-electron chi connectivity index (χ4n) is 4.70. The molecule has 0 spiro atoms. The van der Waals surface area contributed by atoms with E-state index >= 15 is 0 Å². The molecule has 1 aromatic heterocycles. The summed E-state index contributed by atoms with van der Waals surface area (Å²) in [7, 11) is 0. The Labute approximate surface area is 181 Å². The van der Waals surface area contributed by atoms with Crippen LogP contribution in [-0.2, 0) is 4.79 Å². The van der Waals surface area contributed by atoms with Crippen LogP contribution in [0.3, 0.4) is 0 Å². The average Bonchev–Trinajstić information content (AvgIpc) is 3.32. The summed E-state index contributed by atoms with van der Waals surface area (Å²) in [4.78, 5) is 30.4. The molecule has 2 amide bonds. The van der Waals surface area contributed by atoms with Crippen molar-refractivity contribution in [3.63, 3.8) is 0 Å². The second-order valence-corrected chi connectivity index (χ2v) is 11.6. The van der Waals surface area contributed by atoms with Crippen molar-refractivity contribution < 1.29 is 14.7 Å². The van der Waals surface area contributed by atoms with Gasteiger partial charge in [0.15, 0.2) is 5.13 Å². The Kier molecular flexibility index (Phi) is 7.48. The lowest BCUT2D eigenvalue weighted by atomic mass is 9.71. The molecule has 2 saturated carbocycles. The predicted molar refractivity (Wildman–Crippen MR) is 119 cm³/mol. The van der Waals surface area contributed by atoms with Crippen LogP contribution in [0.15, 0.2) is 10.4 Å². The molecule has 8 heteroatoms. The minimum Gasteiger partial charge on any atom is -0.481 e. The number of carboxylic acid groups (broad SMARTS) is 1. The van der Waals surface area contributed by atoms with Gasteiger partial charge in [-0.1, -0.05) is 44.9 Å². The molecule has 0 bridgehead atoms. The van der Waals surface area contributed by atoms with E-state index in [1.807, 2.05) is 0 Å². The highest BCUT2D eigenvalue weighted by atomic mass is 32.2. The van der Waals surface area contributed by atoms with Gasteiger partial charge in [-0.05, 0) is 49.9 Å². The monoisotopic (exact) mass is 439 g/mol. The van der Waals surface area contributed by atoms with E-state index in [-0.39, 0.29) is 11.8 Å². The normalized spacial score (nSPS) is 23.1. The molecule has 6 nitrogen and oxygen atoms in total. The first-order valence-corrected chi connectivity index (χ1v) is 12.4. The van der Waals surface area contributed by atoms with Crippen LogP contribution in [-0.4, -0.2) is 44.8 Å². The number of hydrogen-bond acceptors (Lipinski definition) is 5. The van der Waals surface area contributed by atoms with E-state index in [0.29, 0.717) is 22.6 Å². The van der Waals surface area contributed by atoms with Crippen molar-refractivity contribution in [2.75, 3.05) is 11.1 Å². The van der Waals surface area contributed by atoms with Crippen molar-refractivity contribution in [1.82, 2.24) is 9.88 Å². The van der Waals surface area contributed by atoms with Crippen LogP contribution in [0.2, 0.25) is 0 Å². The quantitative estimate of drug-likeness (QED) is 0.556. The van der Waals surface area contributed by atoms with Crippen molar-refractivity contribution in [2.45, 2.75) is 88.4 Å². The number of hydrogen-bond donors (Lipinski definition) is 2. The maximum Gasteiger partial charge on any atom is 0.324 e. The van der Waals surface area contributed by atoms with Crippen LogP contribution in [0.4, 0.5) is 9.93 Å². The summed E-state index contributed by atoms with van der Waals surface area (Å²) in [5, 5.41) is 12.4. The van der Waals surface area contributed by atoms with Crippen LogP contribution < -0.4 is 5.32 Å². The Morgan fingerprint density at radius 1 is 1.17 bits per heavy atom. The lowest BCUT2D eigenvalue weighted by molar-refractivity contribution is -0.133. The van der Waals surface area contributed by atoms with Crippen LogP contribution in [0.5, 0.6) is 0 Å². The Hall–Kier alpha value is -1.28. The number of carbonyl (C=O) groups excluding carboxylic acids is 1. The van der Waals surface area contributed by atoms with Gasteiger partial charge < -0.3 is 10.0 Å². The Morgan fingerprint density at radius 3 is 2.38 bits per heavy atom. The maximum absolute atomic E-state index is 13.2. The summed E-state index contributed by atoms with van der Waals surface area (Å²) in [5.74, 6) is -0.131. The summed E-state index contributed by atoms with van der Waals surface area (Å²) in [6.45, 7) is 6.96. The number of thiazole rings is 1. The molecule has 2 fully saturated rings. The predicted octanol–water partition coefficient (Wildman–Crippen LogP) is 5.70. The molecule has 2 N–H and O–H groups in total.